The first-order chi connectivity index (χ1) is 8.77. The van der Waals surface area contributed by atoms with Gasteiger partial charge in [0, 0.05) is 6.54 Å². The Morgan fingerprint density at radius 3 is 2.94 bits per heavy atom. The fourth-order valence-corrected chi connectivity index (χ4v) is 2.15. The van der Waals surface area contributed by atoms with Crippen molar-refractivity contribution in [1.29, 1.82) is 0 Å². The Morgan fingerprint density at radius 2 is 2.22 bits per heavy atom. The summed E-state index contributed by atoms with van der Waals surface area (Å²) in [7, 11) is 0. The highest BCUT2D eigenvalue weighted by Crippen LogP contribution is 2.21. The summed E-state index contributed by atoms with van der Waals surface area (Å²) in [6.45, 7) is 5.07. The van der Waals surface area contributed by atoms with E-state index in [1.165, 1.54) is 0 Å². The highest BCUT2D eigenvalue weighted by atomic mass is 16.1. The molecule has 0 aliphatic rings. The molecule has 2 aromatic rings. The number of aromatic nitrogens is 2. The summed E-state index contributed by atoms with van der Waals surface area (Å²) in [5.74, 6) is 0.928. The van der Waals surface area contributed by atoms with Gasteiger partial charge in [0.15, 0.2) is 0 Å². The predicted octanol–water partition coefficient (Wildman–Crippen LogP) is 2.64. The maximum Gasteiger partial charge on any atom is 0.207 e. The molecule has 0 saturated heterocycles. The summed E-state index contributed by atoms with van der Waals surface area (Å²) in [4.78, 5) is 15.2. The number of para-hydroxylation sites is 2. The second-order valence-corrected chi connectivity index (χ2v) is 4.47. The third kappa shape index (κ3) is 2.37. The monoisotopic (exact) mass is 245 g/mol. The first kappa shape index (κ1) is 12.6. The van der Waals surface area contributed by atoms with Crippen molar-refractivity contribution < 1.29 is 4.79 Å². The molecule has 0 aliphatic heterocycles. The van der Waals surface area contributed by atoms with Gasteiger partial charge in [0.1, 0.15) is 5.82 Å². The fourth-order valence-electron chi connectivity index (χ4n) is 2.15. The van der Waals surface area contributed by atoms with E-state index in [2.05, 4.69) is 27.9 Å². The van der Waals surface area contributed by atoms with E-state index in [0.717, 1.165) is 42.7 Å². The van der Waals surface area contributed by atoms with Gasteiger partial charge in [-0.25, -0.2) is 4.98 Å². The zero-order chi connectivity index (χ0) is 13.0. The minimum absolute atomic E-state index is 0.0632. The number of fused-ring (bicyclic) bond motifs is 1. The summed E-state index contributed by atoms with van der Waals surface area (Å²) in [6.07, 6.45) is 2.98. The molecule has 0 saturated carbocycles. The largest absolute Gasteiger partial charge is 0.349 e. The van der Waals surface area contributed by atoms with E-state index in [4.69, 9.17) is 0 Å². The highest BCUT2D eigenvalue weighted by molar-refractivity contribution is 5.76. The number of nitrogens with zero attached hydrogens (tertiary/aromatic N) is 2. The molecule has 0 bridgehead atoms. The molecule has 1 N–H and O–H groups in total. The number of carbonyl (C=O) groups is 1. The molecule has 0 spiro atoms. The summed E-state index contributed by atoms with van der Waals surface area (Å²) in [5, 5.41) is 2.78. The number of rotatable bonds is 6. The Bertz CT molecular complexity index is 533. The van der Waals surface area contributed by atoms with Gasteiger partial charge in [0.2, 0.25) is 6.41 Å². The minimum atomic E-state index is -0.0632. The lowest BCUT2D eigenvalue weighted by molar-refractivity contribution is -0.110. The molecule has 1 heterocycles. The third-order valence-corrected chi connectivity index (χ3v) is 3.12. The lowest BCUT2D eigenvalue weighted by atomic mass is 10.2. The SMILES string of the molecule is CCCCn1c(C(C)NC=O)nc2ccccc21. The van der Waals surface area contributed by atoms with Crippen molar-refractivity contribution in [2.24, 2.45) is 0 Å². The van der Waals surface area contributed by atoms with Crippen LogP contribution in [0.2, 0.25) is 0 Å². The van der Waals surface area contributed by atoms with Crippen LogP contribution in [-0.4, -0.2) is 16.0 Å². The van der Waals surface area contributed by atoms with Crippen molar-refractivity contribution in [3.05, 3.63) is 30.1 Å². The molecular weight excluding hydrogens is 226 g/mol. The smallest absolute Gasteiger partial charge is 0.207 e. The molecule has 96 valence electrons. The van der Waals surface area contributed by atoms with Crippen LogP contribution in [0.5, 0.6) is 0 Å². The molecule has 0 radical (unpaired) electrons. The molecule has 4 nitrogen and oxygen atoms in total. The van der Waals surface area contributed by atoms with Crippen molar-refractivity contribution in [3.63, 3.8) is 0 Å². The highest BCUT2D eigenvalue weighted by Gasteiger charge is 2.15. The van der Waals surface area contributed by atoms with Gasteiger partial charge in [-0.1, -0.05) is 25.5 Å². The van der Waals surface area contributed by atoms with Crippen molar-refractivity contribution >= 4 is 17.4 Å². The average Bonchev–Trinajstić information content (AvgIpc) is 2.75. The van der Waals surface area contributed by atoms with E-state index in [-0.39, 0.29) is 6.04 Å². The van der Waals surface area contributed by atoms with Gasteiger partial charge in [-0.05, 0) is 25.5 Å². The van der Waals surface area contributed by atoms with E-state index in [0.29, 0.717) is 0 Å². The molecule has 0 fully saturated rings. The van der Waals surface area contributed by atoms with Crippen LogP contribution < -0.4 is 5.32 Å². The zero-order valence-corrected chi connectivity index (χ0v) is 10.9. The van der Waals surface area contributed by atoms with E-state index in [9.17, 15) is 4.79 Å². The number of hydrogen-bond acceptors (Lipinski definition) is 2. The van der Waals surface area contributed by atoms with Crippen LogP contribution in [0.15, 0.2) is 24.3 Å². The lowest BCUT2D eigenvalue weighted by Gasteiger charge is -2.13. The molecule has 1 aromatic carbocycles. The maximum atomic E-state index is 10.6. The summed E-state index contributed by atoms with van der Waals surface area (Å²) in [6, 6.07) is 8.03. The summed E-state index contributed by atoms with van der Waals surface area (Å²) in [5.41, 5.74) is 2.13. The zero-order valence-electron chi connectivity index (χ0n) is 10.9. The summed E-state index contributed by atoms with van der Waals surface area (Å²) < 4.78 is 2.21. The Labute approximate surface area is 107 Å². The van der Waals surface area contributed by atoms with E-state index >= 15 is 0 Å². The lowest BCUT2D eigenvalue weighted by Crippen LogP contribution is -2.20. The van der Waals surface area contributed by atoms with E-state index in [1.54, 1.807) is 0 Å². The van der Waals surface area contributed by atoms with Gasteiger partial charge >= 0.3 is 0 Å². The number of hydrogen-bond donors (Lipinski definition) is 1. The Morgan fingerprint density at radius 1 is 1.44 bits per heavy atom. The first-order valence-corrected chi connectivity index (χ1v) is 6.42. The number of benzene rings is 1. The molecule has 2 rings (SSSR count). The maximum absolute atomic E-state index is 10.6. The second-order valence-electron chi connectivity index (χ2n) is 4.47. The van der Waals surface area contributed by atoms with E-state index in [1.807, 2.05) is 25.1 Å². The van der Waals surface area contributed by atoms with Gasteiger partial charge in [-0.2, -0.15) is 0 Å². The first-order valence-electron chi connectivity index (χ1n) is 6.42. The van der Waals surface area contributed by atoms with Crippen LogP contribution in [0.25, 0.3) is 11.0 Å². The summed E-state index contributed by atoms with van der Waals surface area (Å²) >= 11 is 0. The van der Waals surface area contributed by atoms with Crippen LogP contribution in [0.3, 0.4) is 0 Å². The van der Waals surface area contributed by atoms with Crippen LogP contribution in [0, 0.1) is 0 Å². The van der Waals surface area contributed by atoms with Crippen molar-refractivity contribution in [1.82, 2.24) is 14.9 Å². The van der Waals surface area contributed by atoms with Gasteiger partial charge in [0.25, 0.3) is 0 Å². The van der Waals surface area contributed by atoms with Crippen molar-refractivity contribution in [2.75, 3.05) is 0 Å². The molecule has 1 amide bonds. The molecule has 1 atom stereocenters. The molecule has 18 heavy (non-hydrogen) atoms. The topological polar surface area (TPSA) is 46.9 Å². The Balaban J connectivity index is 2.45. The number of imidazole rings is 1. The number of unbranched alkanes of at least 4 members (excludes halogenated alkanes) is 1. The Hall–Kier alpha value is -1.84. The van der Waals surface area contributed by atoms with Gasteiger partial charge in [0.05, 0.1) is 17.1 Å². The molecule has 0 aliphatic carbocycles. The standard InChI is InChI=1S/C14H19N3O/c1-3-4-9-17-13-8-6-5-7-12(13)16-14(17)11(2)15-10-18/h5-8,10-11H,3-4,9H2,1-2H3,(H,15,18). The van der Waals surface area contributed by atoms with Crippen LogP contribution in [-0.2, 0) is 11.3 Å². The predicted molar refractivity (Wildman–Crippen MR) is 72.3 cm³/mol. The third-order valence-electron chi connectivity index (χ3n) is 3.12. The number of carbonyl (C=O) groups excluding carboxylic acids is 1. The minimum Gasteiger partial charge on any atom is -0.349 e. The number of aryl methyl sites for hydroxylation is 1. The normalized spacial score (nSPS) is 12.6. The fraction of sp³-hybridized carbons (Fsp3) is 0.429. The Kier molecular flexibility index (Phi) is 3.97. The number of amides is 1. The molecule has 1 unspecified atom stereocenters. The number of nitrogens with one attached hydrogen (secondary N) is 1. The van der Waals surface area contributed by atoms with Gasteiger partial charge < -0.3 is 9.88 Å². The van der Waals surface area contributed by atoms with Crippen LogP contribution in [0.1, 0.15) is 38.6 Å². The van der Waals surface area contributed by atoms with Gasteiger partial charge in [-0.15, -0.1) is 0 Å². The average molecular weight is 245 g/mol. The van der Waals surface area contributed by atoms with Crippen LogP contribution in [0.4, 0.5) is 0 Å². The van der Waals surface area contributed by atoms with E-state index < -0.39 is 0 Å². The quantitative estimate of drug-likeness (QED) is 0.795. The molecular formula is C14H19N3O. The molecule has 1 aromatic heterocycles. The van der Waals surface area contributed by atoms with Crippen LogP contribution >= 0.6 is 0 Å². The van der Waals surface area contributed by atoms with Gasteiger partial charge in [-0.3, -0.25) is 4.79 Å². The second kappa shape index (κ2) is 5.67. The van der Waals surface area contributed by atoms with Crippen molar-refractivity contribution in [2.45, 2.75) is 39.3 Å². The van der Waals surface area contributed by atoms with Crippen molar-refractivity contribution in [3.8, 4) is 0 Å². The molecule has 4 heteroatoms.